The molecular formula is C15H17N. The number of fused-ring (bicyclic) bond motifs is 1. The lowest BCUT2D eigenvalue weighted by molar-refractivity contribution is 1.01. The van der Waals surface area contributed by atoms with Crippen molar-refractivity contribution in [2.24, 2.45) is 5.73 Å². The molecule has 0 aromatic heterocycles. The van der Waals surface area contributed by atoms with Gasteiger partial charge in [-0.05, 0) is 41.8 Å². The Morgan fingerprint density at radius 1 is 1.06 bits per heavy atom. The molecule has 1 heteroatoms. The molecule has 0 saturated heterocycles. The smallest absolute Gasteiger partial charge is 0.00425 e. The van der Waals surface area contributed by atoms with Crippen LogP contribution in [0.25, 0.3) is 16.8 Å². The predicted molar refractivity (Wildman–Crippen MR) is 71.4 cm³/mol. The third-order valence-corrected chi connectivity index (χ3v) is 2.81. The molecule has 0 spiro atoms. The van der Waals surface area contributed by atoms with Crippen molar-refractivity contribution in [3.63, 3.8) is 0 Å². The SMILES string of the molecule is Cc1ccc(C=CCCN)c2ccccc12. The predicted octanol–water partition coefficient (Wildman–Crippen LogP) is 3.51. The van der Waals surface area contributed by atoms with E-state index in [1.807, 2.05) is 0 Å². The highest BCUT2D eigenvalue weighted by Gasteiger charge is 1.99. The van der Waals surface area contributed by atoms with Gasteiger partial charge in [0, 0.05) is 0 Å². The second kappa shape index (κ2) is 4.95. The fourth-order valence-corrected chi connectivity index (χ4v) is 1.92. The molecule has 1 nitrogen and oxygen atoms in total. The molecule has 0 unspecified atom stereocenters. The molecular weight excluding hydrogens is 194 g/mol. The number of benzene rings is 2. The molecule has 0 aliphatic carbocycles. The molecule has 0 heterocycles. The summed E-state index contributed by atoms with van der Waals surface area (Å²) < 4.78 is 0. The maximum atomic E-state index is 5.48. The Balaban J connectivity index is 2.50. The Morgan fingerprint density at radius 3 is 2.56 bits per heavy atom. The number of hydrogen-bond acceptors (Lipinski definition) is 1. The zero-order valence-corrected chi connectivity index (χ0v) is 9.61. The Morgan fingerprint density at radius 2 is 1.81 bits per heavy atom. The molecule has 0 amide bonds. The quantitative estimate of drug-likeness (QED) is 0.826. The summed E-state index contributed by atoms with van der Waals surface area (Å²) in [6.45, 7) is 2.86. The summed E-state index contributed by atoms with van der Waals surface area (Å²) in [5.74, 6) is 0. The fourth-order valence-electron chi connectivity index (χ4n) is 1.92. The van der Waals surface area contributed by atoms with Crippen LogP contribution in [0.1, 0.15) is 17.5 Å². The Bertz CT molecular complexity index is 512. The molecule has 0 bridgehead atoms. The van der Waals surface area contributed by atoms with Gasteiger partial charge in [-0.15, -0.1) is 0 Å². The Kier molecular flexibility index (Phi) is 3.37. The molecule has 0 atom stereocenters. The van der Waals surface area contributed by atoms with Gasteiger partial charge in [0.05, 0.1) is 0 Å². The van der Waals surface area contributed by atoms with Gasteiger partial charge >= 0.3 is 0 Å². The first-order valence-electron chi connectivity index (χ1n) is 5.68. The number of aryl methyl sites for hydroxylation is 1. The molecule has 0 aliphatic heterocycles. The summed E-state index contributed by atoms with van der Waals surface area (Å²) in [5, 5.41) is 2.65. The van der Waals surface area contributed by atoms with Gasteiger partial charge in [-0.1, -0.05) is 48.6 Å². The van der Waals surface area contributed by atoms with E-state index in [2.05, 4.69) is 55.5 Å². The fraction of sp³-hybridized carbons (Fsp3) is 0.200. The summed E-state index contributed by atoms with van der Waals surface area (Å²) in [6, 6.07) is 12.9. The number of nitrogens with two attached hydrogens (primary N) is 1. The van der Waals surface area contributed by atoms with Gasteiger partial charge in [0.1, 0.15) is 0 Å². The van der Waals surface area contributed by atoms with Crippen molar-refractivity contribution >= 4 is 16.8 Å². The van der Waals surface area contributed by atoms with Crippen LogP contribution in [0.15, 0.2) is 42.5 Å². The van der Waals surface area contributed by atoms with E-state index in [4.69, 9.17) is 5.73 Å². The minimum Gasteiger partial charge on any atom is -0.330 e. The molecule has 2 rings (SSSR count). The minimum absolute atomic E-state index is 0.709. The van der Waals surface area contributed by atoms with Gasteiger partial charge in [-0.3, -0.25) is 0 Å². The average Bonchev–Trinajstić information content (AvgIpc) is 2.33. The van der Waals surface area contributed by atoms with E-state index in [-0.39, 0.29) is 0 Å². The first-order valence-corrected chi connectivity index (χ1v) is 5.68. The normalized spacial score (nSPS) is 11.4. The van der Waals surface area contributed by atoms with Crippen LogP contribution >= 0.6 is 0 Å². The van der Waals surface area contributed by atoms with E-state index in [1.54, 1.807) is 0 Å². The van der Waals surface area contributed by atoms with Crippen molar-refractivity contribution in [1.82, 2.24) is 0 Å². The van der Waals surface area contributed by atoms with Gasteiger partial charge in [0.2, 0.25) is 0 Å². The topological polar surface area (TPSA) is 26.0 Å². The highest BCUT2D eigenvalue weighted by Crippen LogP contribution is 2.23. The van der Waals surface area contributed by atoms with Crippen molar-refractivity contribution in [3.05, 3.63) is 53.6 Å². The molecule has 2 aromatic rings. The average molecular weight is 211 g/mol. The molecule has 82 valence electrons. The van der Waals surface area contributed by atoms with Gasteiger partial charge < -0.3 is 5.73 Å². The Hall–Kier alpha value is -1.60. The summed E-state index contributed by atoms with van der Waals surface area (Å²) in [6.07, 6.45) is 5.23. The largest absolute Gasteiger partial charge is 0.330 e. The van der Waals surface area contributed by atoms with Crippen LogP contribution in [0, 0.1) is 6.92 Å². The number of rotatable bonds is 3. The van der Waals surface area contributed by atoms with Crippen molar-refractivity contribution in [2.75, 3.05) is 6.54 Å². The molecule has 2 aromatic carbocycles. The van der Waals surface area contributed by atoms with Crippen molar-refractivity contribution in [1.29, 1.82) is 0 Å². The standard InChI is InChI=1S/C15H17N/c1-12-9-10-13(6-4-5-11-16)15-8-3-2-7-14(12)15/h2-4,6-10H,5,11,16H2,1H3. The molecule has 2 N–H and O–H groups in total. The summed E-state index contributed by atoms with van der Waals surface area (Å²) in [5.41, 5.74) is 8.08. The van der Waals surface area contributed by atoms with E-state index in [1.165, 1.54) is 21.9 Å². The molecule has 0 radical (unpaired) electrons. The highest BCUT2D eigenvalue weighted by molar-refractivity contribution is 5.92. The minimum atomic E-state index is 0.709. The van der Waals surface area contributed by atoms with Gasteiger partial charge in [-0.2, -0.15) is 0 Å². The maximum Gasteiger partial charge on any atom is -0.00425 e. The second-order valence-electron chi connectivity index (χ2n) is 4.00. The van der Waals surface area contributed by atoms with Gasteiger partial charge in [-0.25, -0.2) is 0 Å². The third-order valence-electron chi connectivity index (χ3n) is 2.81. The Labute approximate surface area is 96.6 Å². The van der Waals surface area contributed by atoms with Crippen LogP contribution in [0.5, 0.6) is 0 Å². The summed E-state index contributed by atoms with van der Waals surface area (Å²) in [4.78, 5) is 0. The van der Waals surface area contributed by atoms with E-state index in [0.717, 1.165) is 6.42 Å². The zero-order valence-electron chi connectivity index (χ0n) is 9.61. The first-order chi connectivity index (χ1) is 7.83. The van der Waals surface area contributed by atoms with Gasteiger partial charge in [0.15, 0.2) is 0 Å². The van der Waals surface area contributed by atoms with Crippen molar-refractivity contribution in [2.45, 2.75) is 13.3 Å². The zero-order chi connectivity index (χ0) is 11.4. The lowest BCUT2D eigenvalue weighted by Gasteiger charge is -2.05. The second-order valence-corrected chi connectivity index (χ2v) is 4.00. The van der Waals surface area contributed by atoms with Crippen LogP contribution in [-0.2, 0) is 0 Å². The maximum absolute atomic E-state index is 5.48. The lowest BCUT2D eigenvalue weighted by atomic mass is 10.00. The number of hydrogen-bond donors (Lipinski definition) is 1. The lowest BCUT2D eigenvalue weighted by Crippen LogP contribution is -1.95. The van der Waals surface area contributed by atoms with Crippen LogP contribution in [0.4, 0.5) is 0 Å². The van der Waals surface area contributed by atoms with Gasteiger partial charge in [0.25, 0.3) is 0 Å². The van der Waals surface area contributed by atoms with Crippen LogP contribution in [0.3, 0.4) is 0 Å². The van der Waals surface area contributed by atoms with Crippen LogP contribution < -0.4 is 5.73 Å². The molecule has 0 fully saturated rings. The monoisotopic (exact) mass is 211 g/mol. The van der Waals surface area contributed by atoms with E-state index in [0.29, 0.717) is 6.54 Å². The first kappa shape index (κ1) is 10.9. The summed E-state index contributed by atoms with van der Waals surface area (Å²) >= 11 is 0. The van der Waals surface area contributed by atoms with Crippen LogP contribution in [-0.4, -0.2) is 6.54 Å². The third kappa shape index (κ3) is 2.15. The molecule has 16 heavy (non-hydrogen) atoms. The van der Waals surface area contributed by atoms with Crippen LogP contribution in [0.2, 0.25) is 0 Å². The van der Waals surface area contributed by atoms with Crippen molar-refractivity contribution < 1.29 is 0 Å². The van der Waals surface area contributed by atoms with Crippen molar-refractivity contribution in [3.8, 4) is 0 Å². The van der Waals surface area contributed by atoms with E-state index >= 15 is 0 Å². The van der Waals surface area contributed by atoms with E-state index in [9.17, 15) is 0 Å². The molecule has 0 aliphatic rings. The van der Waals surface area contributed by atoms with E-state index < -0.39 is 0 Å². The molecule has 0 saturated carbocycles. The highest BCUT2D eigenvalue weighted by atomic mass is 14.5. The summed E-state index contributed by atoms with van der Waals surface area (Å²) in [7, 11) is 0.